The van der Waals surface area contributed by atoms with Crippen LogP contribution in [0.4, 0.5) is 10.5 Å². The second kappa shape index (κ2) is 15.0. The highest BCUT2D eigenvalue weighted by molar-refractivity contribution is 6.23. The number of anilines is 1. The number of rotatable bonds is 14. The van der Waals surface area contributed by atoms with Crippen LogP contribution in [0, 0.1) is 0 Å². The fourth-order valence-corrected chi connectivity index (χ4v) is 5.68. The molecule has 0 aliphatic carbocycles. The molecule has 0 radical (unpaired) electrons. The molecule has 2 heterocycles. The van der Waals surface area contributed by atoms with Crippen molar-refractivity contribution in [2.45, 2.75) is 90.3 Å². The number of carboxylic acid groups (broad SMARTS) is 1. The lowest BCUT2D eigenvalue weighted by Crippen LogP contribution is -2.54. The van der Waals surface area contributed by atoms with E-state index < -0.39 is 41.3 Å². The van der Waals surface area contributed by atoms with Gasteiger partial charge in [0.05, 0.1) is 11.1 Å². The maximum absolute atomic E-state index is 13.0. The van der Waals surface area contributed by atoms with Crippen LogP contribution in [0.25, 0.3) is 0 Å². The molecule has 2 aliphatic heterocycles. The molecule has 0 aromatic heterocycles. The first-order valence-corrected chi connectivity index (χ1v) is 15.8. The van der Waals surface area contributed by atoms with E-state index in [2.05, 4.69) is 16.0 Å². The molecule has 4 N–H and O–H groups in total. The topological polar surface area (TPSA) is 165 Å². The Bertz CT molecular complexity index is 1480. The zero-order chi connectivity index (χ0) is 33.4. The minimum atomic E-state index is -1.01. The Morgan fingerprint density at radius 1 is 0.913 bits per heavy atom. The first-order chi connectivity index (χ1) is 21.9. The highest BCUT2D eigenvalue weighted by Crippen LogP contribution is 2.29. The maximum atomic E-state index is 13.0. The van der Waals surface area contributed by atoms with Gasteiger partial charge in [-0.25, -0.2) is 4.79 Å². The highest BCUT2D eigenvalue weighted by atomic mass is 16.4. The van der Waals surface area contributed by atoms with Gasteiger partial charge in [0.25, 0.3) is 17.7 Å². The number of fused-ring (bicyclic) bond motifs is 1. The second-order valence-corrected chi connectivity index (χ2v) is 12.7. The lowest BCUT2D eigenvalue weighted by Gasteiger charge is -2.33. The number of hydrogen-bond acceptors (Lipinski definition) is 7. The molecule has 12 heteroatoms. The summed E-state index contributed by atoms with van der Waals surface area (Å²) < 4.78 is 0. The van der Waals surface area contributed by atoms with Crippen molar-refractivity contribution in [3.05, 3.63) is 64.7 Å². The molecule has 0 bridgehead atoms. The molecule has 12 nitrogen and oxygen atoms in total. The predicted molar refractivity (Wildman–Crippen MR) is 171 cm³/mol. The standard InChI is InChI=1S/C34H43N5O7/c1-34(2,3)38(33(45)46)19-9-7-5-4-6-8-18-35-29(41)23-12-10-22(11-13-23)21-36-24-14-15-25-26(20-24)32(44)39(31(25)43)27-16-17-28(40)37-30(27)42/h10-15,20,27,36H,4-9,16-19,21H2,1-3H3,(H,35,41)(H,45,46)(H,37,40,42). The molecular formula is C34H43N5O7. The van der Waals surface area contributed by atoms with E-state index in [1.165, 1.54) is 4.90 Å². The summed E-state index contributed by atoms with van der Waals surface area (Å²) in [4.78, 5) is 76.1. The minimum Gasteiger partial charge on any atom is -0.465 e. The average molecular weight is 634 g/mol. The molecular weight excluding hydrogens is 590 g/mol. The minimum absolute atomic E-state index is 0.0640. The number of amides is 6. The number of imide groups is 2. The van der Waals surface area contributed by atoms with Crippen molar-refractivity contribution in [3.63, 3.8) is 0 Å². The van der Waals surface area contributed by atoms with E-state index in [1.807, 2.05) is 32.9 Å². The molecule has 2 aliphatic rings. The van der Waals surface area contributed by atoms with E-state index in [-0.39, 0.29) is 29.9 Å². The third-order valence-corrected chi connectivity index (χ3v) is 8.29. The van der Waals surface area contributed by atoms with Crippen LogP contribution in [0.2, 0.25) is 0 Å². The molecule has 1 saturated heterocycles. The second-order valence-electron chi connectivity index (χ2n) is 12.7. The summed E-state index contributed by atoms with van der Waals surface area (Å²) >= 11 is 0. The van der Waals surface area contributed by atoms with Gasteiger partial charge in [0, 0.05) is 42.8 Å². The number of benzene rings is 2. The fraction of sp³-hybridized carbons (Fsp3) is 0.471. The first kappa shape index (κ1) is 34.1. The van der Waals surface area contributed by atoms with E-state index in [0.29, 0.717) is 30.9 Å². The van der Waals surface area contributed by atoms with E-state index in [1.54, 1.807) is 30.3 Å². The van der Waals surface area contributed by atoms with Crippen molar-refractivity contribution >= 4 is 41.3 Å². The number of hydrogen-bond donors (Lipinski definition) is 4. The molecule has 0 saturated carbocycles. The molecule has 1 unspecified atom stereocenters. The Kier molecular flexibility index (Phi) is 11.2. The zero-order valence-electron chi connectivity index (χ0n) is 26.7. The number of unbranched alkanes of at least 4 members (excludes halogenated alkanes) is 5. The van der Waals surface area contributed by atoms with Crippen LogP contribution >= 0.6 is 0 Å². The maximum Gasteiger partial charge on any atom is 0.407 e. The summed E-state index contributed by atoms with van der Waals surface area (Å²) in [6.45, 7) is 7.24. The van der Waals surface area contributed by atoms with Gasteiger partial charge in [-0.1, -0.05) is 37.8 Å². The number of nitrogens with zero attached hydrogens (tertiary/aromatic N) is 2. The molecule has 2 aromatic carbocycles. The normalized spacial score (nSPS) is 16.2. The van der Waals surface area contributed by atoms with Crippen LogP contribution in [-0.2, 0) is 16.1 Å². The summed E-state index contributed by atoms with van der Waals surface area (Å²) in [6, 6.07) is 11.0. The predicted octanol–water partition coefficient (Wildman–Crippen LogP) is 4.55. The van der Waals surface area contributed by atoms with Crippen molar-refractivity contribution in [2.75, 3.05) is 18.4 Å². The van der Waals surface area contributed by atoms with Crippen molar-refractivity contribution < 1.29 is 33.9 Å². The van der Waals surface area contributed by atoms with E-state index in [4.69, 9.17) is 0 Å². The van der Waals surface area contributed by atoms with Crippen molar-refractivity contribution in [1.82, 2.24) is 20.4 Å². The fourth-order valence-electron chi connectivity index (χ4n) is 5.68. The number of nitrogens with one attached hydrogen (secondary N) is 3. The monoisotopic (exact) mass is 633 g/mol. The number of piperidine rings is 1. The van der Waals surface area contributed by atoms with Crippen LogP contribution in [0.15, 0.2) is 42.5 Å². The summed E-state index contributed by atoms with van der Waals surface area (Å²) in [6.07, 6.45) is 5.02. The summed E-state index contributed by atoms with van der Waals surface area (Å²) in [7, 11) is 0. The highest BCUT2D eigenvalue weighted by Gasteiger charge is 2.44. The van der Waals surface area contributed by atoms with Gasteiger partial charge in [-0.05, 0) is 75.9 Å². The Morgan fingerprint density at radius 2 is 1.57 bits per heavy atom. The Morgan fingerprint density at radius 3 is 2.22 bits per heavy atom. The van der Waals surface area contributed by atoms with Crippen LogP contribution in [-0.4, -0.2) is 75.2 Å². The van der Waals surface area contributed by atoms with Gasteiger partial charge < -0.3 is 20.6 Å². The smallest absolute Gasteiger partial charge is 0.407 e. The van der Waals surface area contributed by atoms with Gasteiger partial charge in [-0.15, -0.1) is 0 Å². The summed E-state index contributed by atoms with van der Waals surface area (Å²) in [5.74, 6) is -2.31. The SMILES string of the molecule is CC(C)(C)N(CCCCCCCCNC(=O)c1ccc(CNc2ccc3c(c2)C(=O)N(C2CCC(=O)NC2=O)C3=O)cc1)C(=O)O. The molecule has 6 amide bonds. The quantitative estimate of drug-likeness (QED) is 0.174. The van der Waals surface area contributed by atoms with Crippen molar-refractivity contribution in [1.29, 1.82) is 0 Å². The Balaban J connectivity index is 1.16. The average Bonchev–Trinajstić information content (AvgIpc) is 3.25. The third-order valence-electron chi connectivity index (χ3n) is 8.29. The van der Waals surface area contributed by atoms with Gasteiger partial charge >= 0.3 is 6.09 Å². The Labute approximate surface area is 268 Å². The van der Waals surface area contributed by atoms with Crippen LogP contribution in [0.3, 0.4) is 0 Å². The van der Waals surface area contributed by atoms with Crippen LogP contribution in [0.5, 0.6) is 0 Å². The van der Waals surface area contributed by atoms with Crippen molar-refractivity contribution in [3.8, 4) is 0 Å². The number of carbonyl (C=O) groups excluding carboxylic acids is 5. The van der Waals surface area contributed by atoms with Crippen LogP contribution < -0.4 is 16.0 Å². The van der Waals surface area contributed by atoms with Gasteiger partial charge in [-0.2, -0.15) is 0 Å². The number of carbonyl (C=O) groups is 6. The molecule has 4 rings (SSSR count). The third kappa shape index (κ3) is 8.49. The van der Waals surface area contributed by atoms with Gasteiger partial charge in [0.1, 0.15) is 6.04 Å². The molecule has 1 fully saturated rings. The van der Waals surface area contributed by atoms with Gasteiger partial charge in [-0.3, -0.25) is 34.2 Å². The van der Waals surface area contributed by atoms with Crippen molar-refractivity contribution in [2.24, 2.45) is 0 Å². The molecule has 246 valence electrons. The van der Waals surface area contributed by atoms with Gasteiger partial charge in [0.15, 0.2) is 0 Å². The largest absolute Gasteiger partial charge is 0.465 e. The molecule has 46 heavy (non-hydrogen) atoms. The van der Waals surface area contributed by atoms with Crippen LogP contribution in [0.1, 0.15) is 109 Å². The van der Waals surface area contributed by atoms with E-state index >= 15 is 0 Å². The van der Waals surface area contributed by atoms with E-state index in [9.17, 15) is 33.9 Å². The first-order valence-electron chi connectivity index (χ1n) is 15.8. The van der Waals surface area contributed by atoms with E-state index in [0.717, 1.165) is 49.0 Å². The summed E-state index contributed by atoms with van der Waals surface area (Å²) in [5, 5.41) is 17.7. The lowest BCUT2D eigenvalue weighted by molar-refractivity contribution is -0.136. The zero-order valence-corrected chi connectivity index (χ0v) is 26.7. The lowest BCUT2D eigenvalue weighted by atomic mass is 10.0. The molecule has 1 atom stereocenters. The summed E-state index contributed by atoms with van der Waals surface area (Å²) in [5.41, 5.74) is 2.12. The molecule has 0 spiro atoms. The Hall–Kier alpha value is -4.74. The van der Waals surface area contributed by atoms with Gasteiger partial charge in [0.2, 0.25) is 11.8 Å². The molecule has 2 aromatic rings.